The second kappa shape index (κ2) is 10.8. The van der Waals surface area contributed by atoms with E-state index in [0.29, 0.717) is 6.42 Å². The van der Waals surface area contributed by atoms with Crippen LogP contribution >= 0.6 is 0 Å². The van der Waals surface area contributed by atoms with E-state index in [9.17, 15) is 34.5 Å². The molecule has 196 valence electrons. The quantitative estimate of drug-likeness (QED) is 0.396. The molecule has 3 aromatic carbocycles. The summed E-state index contributed by atoms with van der Waals surface area (Å²) in [5.74, 6) is -5.62. The Balaban J connectivity index is 1.91. The lowest BCUT2D eigenvalue weighted by molar-refractivity contribution is 0.0594. The predicted molar refractivity (Wildman–Crippen MR) is 140 cm³/mol. The summed E-state index contributed by atoms with van der Waals surface area (Å²) in [6.07, 6.45) is 2.18. The number of carboxylic acids is 3. The van der Waals surface area contributed by atoms with Crippen LogP contribution in [0.4, 0.5) is 5.69 Å². The molecule has 0 heterocycles. The van der Waals surface area contributed by atoms with Crippen molar-refractivity contribution in [2.24, 2.45) is 0 Å². The van der Waals surface area contributed by atoms with E-state index in [1.807, 2.05) is 67.5 Å². The van der Waals surface area contributed by atoms with E-state index in [-0.39, 0.29) is 6.54 Å². The van der Waals surface area contributed by atoms with Gasteiger partial charge in [-0.3, -0.25) is 4.79 Å². The largest absolute Gasteiger partial charge is 0.478 e. The zero-order valence-electron chi connectivity index (χ0n) is 21.0. The molecule has 0 saturated heterocycles. The van der Waals surface area contributed by atoms with E-state index >= 15 is 0 Å². The Labute approximate surface area is 219 Å². The van der Waals surface area contributed by atoms with Gasteiger partial charge in [0.2, 0.25) is 0 Å². The minimum atomic E-state index is -1.69. The summed E-state index contributed by atoms with van der Waals surface area (Å²) in [4.78, 5) is 53.9. The van der Waals surface area contributed by atoms with Crippen molar-refractivity contribution in [1.82, 2.24) is 4.90 Å². The molecule has 0 bridgehead atoms. The molecule has 0 fully saturated rings. The van der Waals surface area contributed by atoms with Crippen molar-refractivity contribution in [2.45, 2.75) is 31.8 Å². The Bertz CT molecular complexity index is 1410. The van der Waals surface area contributed by atoms with Gasteiger partial charge >= 0.3 is 17.9 Å². The maximum absolute atomic E-state index is 14.3. The average Bonchev–Trinajstić information content (AvgIpc) is 2.90. The number of amides is 1. The number of aryl methyl sites for hydroxylation is 1. The Morgan fingerprint density at radius 2 is 1.39 bits per heavy atom. The number of carbonyl (C=O) groups excluding carboxylic acids is 1. The van der Waals surface area contributed by atoms with Gasteiger partial charge in [0.1, 0.15) is 0 Å². The van der Waals surface area contributed by atoms with Crippen LogP contribution in [0.25, 0.3) is 0 Å². The fourth-order valence-electron chi connectivity index (χ4n) is 5.02. The van der Waals surface area contributed by atoms with Gasteiger partial charge in [-0.15, -0.1) is 0 Å². The van der Waals surface area contributed by atoms with E-state index in [2.05, 4.69) is 0 Å². The molecule has 9 heteroatoms. The summed E-state index contributed by atoms with van der Waals surface area (Å²) in [6.45, 7) is 0.0704. The van der Waals surface area contributed by atoms with Gasteiger partial charge in [-0.1, -0.05) is 36.4 Å². The Morgan fingerprint density at radius 3 is 1.97 bits per heavy atom. The van der Waals surface area contributed by atoms with Gasteiger partial charge in [0.05, 0.1) is 28.3 Å². The number of aromatic carboxylic acids is 3. The highest BCUT2D eigenvalue weighted by Gasteiger charge is 2.36. The predicted octanol–water partition coefficient (Wildman–Crippen LogP) is 4.57. The van der Waals surface area contributed by atoms with Crippen molar-refractivity contribution < 1.29 is 34.5 Å². The number of hydrogen-bond donors (Lipinski definition) is 3. The van der Waals surface area contributed by atoms with Crippen molar-refractivity contribution in [2.75, 3.05) is 19.0 Å². The number of rotatable bonds is 8. The summed E-state index contributed by atoms with van der Waals surface area (Å²) >= 11 is 0. The van der Waals surface area contributed by atoms with Crippen LogP contribution in [-0.2, 0) is 13.0 Å². The van der Waals surface area contributed by atoms with Crippen molar-refractivity contribution in [1.29, 1.82) is 0 Å². The molecule has 1 atom stereocenters. The molecule has 9 nitrogen and oxygen atoms in total. The van der Waals surface area contributed by atoms with Crippen LogP contribution in [0.15, 0.2) is 60.7 Å². The Morgan fingerprint density at radius 1 is 0.789 bits per heavy atom. The molecule has 3 aromatic rings. The summed E-state index contributed by atoms with van der Waals surface area (Å²) in [6, 6.07) is 16.6. The van der Waals surface area contributed by atoms with E-state index in [0.717, 1.165) is 47.4 Å². The van der Waals surface area contributed by atoms with Crippen LogP contribution in [0.3, 0.4) is 0 Å². The highest BCUT2D eigenvalue weighted by atomic mass is 16.4. The number of nitrogens with zero attached hydrogens (tertiary/aromatic N) is 2. The third-order valence-corrected chi connectivity index (χ3v) is 6.87. The molecule has 38 heavy (non-hydrogen) atoms. The lowest BCUT2D eigenvalue weighted by Gasteiger charge is -2.37. The normalized spacial score (nSPS) is 14.3. The van der Waals surface area contributed by atoms with Crippen LogP contribution in [0.2, 0.25) is 0 Å². The minimum absolute atomic E-state index is 0.0704. The molecule has 1 amide bonds. The van der Waals surface area contributed by atoms with Gasteiger partial charge < -0.3 is 25.1 Å². The van der Waals surface area contributed by atoms with Crippen LogP contribution in [0.1, 0.15) is 77.0 Å². The second-order valence-corrected chi connectivity index (χ2v) is 9.43. The van der Waals surface area contributed by atoms with Gasteiger partial charge in [-0.2, -0.15) is 0 Å². The molecule has 0 saturated carbocycles. The molecule has 0 aromatic heterocycles. The van der Waals surface area contributed by atoms with Crippen LogP contribution < -0.4 is 4.90 Å². The Hall–Kier alpha value is -4.66. The van der Waals surface area contributed by atoms with Gasteiger partial charge in [0.15, 0.2) is 0 Å². The molecule has 0 unspecified atom stereocenters. The first kappa shape index (κ1) is 26.4. The summed E-state index contributed by atoms with van der Waals surface area (Å²) < 4.78 is 0. The Kier molecular flexibility index (Phi) is 7.47. The summed E-state index contributed by atoms with van der Waals surface area (Å²) in [5, 5.41) is 29.4. The van der Waals surface area contributed by atoms with Gasteiger partial charge in [-0.05, 0) is 60.2 Å². The first-order chi connectivity index (χ1) is 18.1. The molecule has 4 rings (SSSR count). The molecular weight excluding hydrogens is 488 g/mol. The van der Waals surface area contributed by atoms with Gasteiger partial charge in [0.25, 0.3) is 5.91 Å². The molecule has 1 aliphatic rings. The summed E-state index contributed by atoms with van der Waals surface area (Å²) in [7, 11) is 3.81. The van der Waals surface area contributed by atoms with Crippen molar-refractivity contribution in [3.8, 4) is 0 Å². The van der Waals surface area contributed by atoms with E-state index < -0.39 is 52.1 Å². The van der Waals surface area contributed by atoms with Gasteiger partial charge in [-0.25, -0.2) is 14.4 Å². The SMILES string of the molecule is CN(C)c1ccc(CN(C(=O)c2c(C(=O)O)ccc(C(=O)O)c2C(=O)O)[C@H]2CCCc3ccccc32)cc1. The third kappa shape index (κ3) is 5.08. The highest BCUT2D eigenvalue weighted by molar-refractivity contribution is 6.15. The molecule has 3 N–H and O–H groups in total. The van der Waals surface area contributed by atoms with Crippen LogP contribution in [-0.4, -0.2) is 58.1 Å². The highest BCUT2D eigenvalue weighted by Crippen LogP contribution is 2.37. The van der Waals surface area contributed by atoms with E-state index in [1.165, 1.54) is 4.90 Å². The van der Waals surface area contributed by atoms with Gasteiger partial charge in [0, 0.05) is 26.3 Å². The monoisotopic (exact) mass is 516 g/mol. The number of hydrogen-bond acceptors (Lipinski definition) is 5. The first-order valence-electron chi connectivity index (χ1n) is 12.1. The number of fused-ring (bicyclic) bond motifs is 1. The average molecular weight is 517 g/mol. The van der Waals surface area contributed by atoms with Crippen molar-refractivity contribution in [3.05, 3.63) is 99.6 Å². The van der Waals surface area contributed by atoms with Crippen molar-refractivity contribution in [3.63, 3.8) is 0 Å². The first-order valence-corrected chi connectivity index (χ1v) is 12.1. The number of anilines is 1. The lowest BCUT2D eigenvalue weighted by Crippen LogP contribution is -2.38. The maximum atomic E-state index is 14.3. The fraction of sp³-hybridized carbons (Fsp3) is 0.241. The molecule has 1 aliphatic carbocycles. The number of carbonyl (C=O) groups is 4. The zero-order chi connectivity index (χ0) is 27.6. The number of carboxylic acid groups (broad SMARTS) is 3. The van der Waals surface area contributed by atoms with Crippen LogP contribution in [0.5, 0.6) is 0 Å². The summed E-state index contributed by atoms with van der Waals surface area (Å²) in [5.41, 5.74) is 0.984. The maximum Gasteiger partial charge on any atom is 0.337 e. The molecule has 0 spiro atoms. The van der Waals surface area contributed by atoms with Crippen molar-refractivity contribution >= 4 is 29.5 Å². The number of benzene rings is 3. The third-order valence-electron chi connectivity index (χ3n) is 6.87. The topological polar surface area (TPSA) is 135 Å². The smallest absolute Gasteiger partial charge is 0.337 e. The van der Waals surface area contributed by atoms with Crippen LogP contribution in [0, 0.1) is 0 Å². The van der Waals surface area contributed by atoms with E-state index in [4.69, 9.17) is 0 Å². The second-order valence-electron chi connectivity index (χ2n) is 9.43. The minimum Gasteiger partial charge on any atom is -0.478 e. The standard InChI is InChI=1S/C29H28N2O7/c1-30(2)19-12-10-17(11-13-19)16-31(23-9-5-7-18-6-3-4-8-20(18)23)26(32)24-21(27(33)34)14-15-22(28(35)36)25(24)29(37)38/h3-4,6,8,10-15,23H,5,7,9,16H2,1-2H3,(H,33,34)(H,35,36)(H,37,38)/t23-/m0/s1. The lowest BCUT2D eigenvalue weighted by atomic mass is 9.85. The van der Waals surface area contributed by atoms with E-state index in [1.54, 1.807) is 0 Å². The molecule has 0 aliphatic heterocycles. The fourth-order valence-corrected chi connectivity index (χ4v) is 5.02. The molecular formula is C29H28N2O7. The zero-order valence-corrected chi connectivity index (χ0v) is 21.0. The molecule has 0 radical (unpaired) electrons.